The molecular formula is C15H30N2O2. The van der Waals surface area contributed by atoms with Crippen molar-refractivity contribution in [3.63, 3.8) is 0 Å². The Bertz CT molecular complexity index is 251. The van der Waals surface area contributed by atoms with E-state index in [0.717, 1.165) is 51.9 Å². The van der Waals surface area contributed by atoms with Crippen molar-refractivity contribution in [3.8, 4) is 0 Å². The molecule has 0 aliphatic carbocycles. The van der Waals surface area contributed by atoms with Crippen LogP contribution in [0.1, 0.15) is 46.0 Å². The van der Waals surface area contributed by atoms with Gasteiger partial charge in [0.2, 0.25) is 5.91 Å². The number of piperidine rings is 1. The summed E-state index contributed by atoms with van der Waals surface area (Å²) in [6.45, 7) is 8.81. The van der Waals surface area contributed by atoms with Gasteiger partial charge < -0.3 is 10.0 Å². The van der Waals surface area contributed by atoms with Gasteiger partial charge >= 0.3 is 0 Å². The van der Waals surface area contributed by atoms with Crippen molar-refractivity contribution in [2.75, 3.05) is 39.3 Å². The first-order chi connectivity index (χ1) is 9.21. The lowest BCUT2D eigenvalue weighted by atomic mass is 9.95. The standard InChI is InChI=1S/C15H30N2O2/c1-3-8-17(9-4-2)15(19)13-16-10-5-6-14(12-16)7-11-18/h14,18H,3-13H2,1-2H3. The van der Waals surface area contributed by atoms with E-state index >= 15 is 0 Å². The van der Waals surface area contributed by atoms with E-state index in [0.29, 0.717) is 12.5 Å². The number of nitrogens with zero attached hydrogens (tertiary/aromatic N) is 2. The normalized spacial score (nSPS) is 20.5. The Balaban J connectivity index is 2.40. The van der Waals surface area contributed by atoms with Crippen molar-refractivity contribution in [2.24, 2.45) is 5.92 Å². The monoisotopic (exact) mass is 270 g/mol. The van der Waals surface area contributed by atoms with E-state index < -0.39 is 0 Å². The van der Waals surface area contributed by atoms with E-state index in [1.165, 1.54) is 6.42 Å². The molecule has 4 nitrogen and oxygen atoms in total. The number of aliphatic hydroxyl groups is 1. The van der Waals surface area contributed by atoms with E-state index in [2.05, 4.69) is 18.7 Å². The molecule has 1 fully saturated rings. The van der Waals surface area contributed by atoms with Crippen LogP contribution in [0.15, 0.2) is 0 Å². The average Bonchev–Trinajstić information content (AvgIpc) is 2.39. The van der Waals surface area contributed by atoms with Crippen molar-refractivity contribution in [3.05, 3.63) is 0 Å². The maximum absolute atomic E-state index is 12.3. The third-order valence-electron chi connectivity index (χ3n) is 3.84. The summed E-state index contributed by atoms with van der Waals surface area (Å²) in [5.41, 5.74) is 0. The molecule has 1 rings (SSSR count). The summed E-state index contributed by atoms with van der Waals surface area (Å²) in [7, 11) is 0. The second-order valence-electron chi connectivity index (χ2n) is 5.64. The van der Waals surface area contributed by atoms with Gasteiger partial charge in [-0.15, -0.1) is 0 Å². The minimum atomic E-state index is 0.268. The van der Waals surface area contributed by atoms with Crippen LogP contribution in [-0.2, 0) is 4.79 Å². The largest absolute Gasteiger partial charge is 0.396 e. The van der Waals surface area contributed by atoms with Gasteiger partial charge in [-0.2, -0.15) is 0 Å². The zero-order valence-electron chi connectivity index (χ0n) is 12.6. The Hall–Kier alpha value is -0.610. The molecule has 1 heterocycles. The molecule has 112 valence electrons. The zero-order chi connectivity index (χ0) is 14.1. The third-order valence-corrected chi connectivity index (χ3v) is 3.84. The zero-order valence-corrected chi connectivity index (χ0v) is 12.6. The van der Waals surface area contributed by atoms with Gasteiger partial charge in [0, 0.05) is 26.2 Å². The Labute approximate surface area is 117 Å². The highest BCUT2D eigenvalue weighted by molar-refractivity contribution is 5.78. The molecule has 1 amide bonds. The van der Waals surface area contributed by atoms with Crippen molar-refractivity contribution in [1.82, 2.24) is 9.80 Å². The van der Waals surface area contributed by atoms with Crippen LogP contribution in [0.2, 0.25) is 0 Å². The smallest absolute Gasteiger partial charge is 0.236 e. The number of likely N-dealkylation sites (tertiary alicyclic amines) is 1. The molecular weight excluding hydrogens is 240 g/mol. The van der Waals surface area contributed by atoms with Crippen molar-refractivity contribution >= 4 is 5.91 Å². The molecule has 1 aliphatic heterocycles. The van der Waals surface area contributed by atoms with E-state index in [-0.39, 0.29) is 12.5 Å². The maximum Gasteiger partial charge on any atom is 0.236 e. The number of carbonyl (C=O) groups excluding carboxylic acids is 1. The summed E-state index contributed by atoms with van der Waals surface area (Å²) < 4.78 is 0. The van der Waals surface area contributed by atoms with E-state index in [1.807, 2.05) is 4.90 Å². The lowest BCUT2D eigenvalue weighted by molar-refractivity contribution is -0.133. The molecule has 1 saturated heterocycles. The van der Waals surface area contributed by atoms with Crippen molar-refractivity contribution < 1.29 is 9.90 Å². The Morgan fingerprint density at radius 3 is 2.58 bits per heavy atom. The minimum Gasteiger partial charge on any atom is -0.396 e. The number of carbonyl (C=O) groups is 1. The quantitative estimate of drug-likeness (QED) is 0.730. The van der Waals surface area contributed by atoms with Crippen LogP contribution in [0.5, 0.6) is 0 Å². The number of hydrogen-bond donors (Lipinski definition) is 1. The van der Waals surface area contributed by atoms with Crippen LogP contribution in [-0.4, -0.2) is 60.1 Å². The second-order valence-corrected chi connectivity index (χ2v) is 5.64. The lowest BCUT2D eigenvalue weighted by Gasteiger charge is -2.33. The predicted octanol–water partition coefficient (Wildman–Crippen LogP) is 1.73. The van der Waals surface area contributed by atoms with Crippen molar-refractivity contribution in [1.29, 1.82) is 0 Å². The number of aliphatic hydroxyl groups excluding tert-OH is 1. The Morgan fingerprint density at radius 2 is 2.00 bits per heavy atom. The molecule has 1 unspecified atom stereocenters. The van der Waals surface area contributed by atoms with Gasteiger partial charge in [-0.3, -0.25) is 9.69 Å². The van der Waals surface area contributed by atoms with Crippen LogP contribution in [0.3, 0.4) is 0 Å². The Morgan fingerprint density at radius 1 is 1.32 bits per heavy atom. The molecule has 0 aromatic rings. The average molecular weight is 270 g/mol. The van der Waals surface area contributed by atoms with Crippen LogP contribution in [0, 0.1) is 5.92 Å². The number of hydrogen-bond acceptors (Lipinski definition) is 3. The van der Waals surface area contributed by atoms with Crippen molar-refractivity contribution in [2.45, 2.75) is 46.0 Å². The van der Waals surface area contributed by atoms with Gasteiger partial charge in [0.15, 0.2) is 0 Å². The molecule has 1 N–H and O–H groups in total. The minimum absolute atomic E-state index is 0.268. The summed E-state index contributed by atoms with van der Waals surface area (Å²) in [6, 6.07) is 0. The van der Waals surface area contributed by atoms with E-state index in [1.54, 1.807) is 0 Å². The van der Waals surface area contributed by atoms with Crippen LogP contribution >= 0.6 is 0 Å². The fraction of sp³-hybridized carbons (Fsp3) is 0.933. The maximum atomic E-state index is 12.3. The molecule has 0 aromatic heterocycles. The molecule has 0 bridgehead atoms. The first kappa shape index (κ1) is 16.4. The van der Waals surface area contributed by atoms with Gasteiger partial charge in [-0.1, -0.05) is 13.8 Å². The number of rotatable bonds is 8. The summed E-state index contributed by atoms with van der Waals surface area (Å²) >= 11 is 0. The predicted molar refractivity (Wildman–Crippen MR) is 78.0 cm³/mol. The molecule has 4 heteroatoms. The van der Waals surface area contributed by atoms with E-state index in [4.69, 9.17) is 5.11 Å². The first-order valence-corrected chi connectivity index (χ1v) is 7.82. The van der Waals surface area contributed by atoms with Crippen LogP contribution in [0.4, 0.5) is 0 Å². The number of amides is 1. The molecule has 0 radical (unpaired) electrons. The third kappa shape index (κ3) is 5.91. The lowest BCUT2D eigenvalue weighted by Crippen LogP contribution is -2.44. The van der Waals surface area contributed by atoms with Gasteiger partial charge in [0.1, 0.15) is 0 Å². The van der Waals surface area contributed by atoms with Crippen LogP contribution < -0.4 is 0 Å². The van der Waals surface area contributed by atoms with Gasteiger partial charge in [0.05, 0.1) is 6.54 Å². The fourth-order valence-electron chi connectivity index (χ4n) is 2.91. The summed E-state index contributed by atoms with van der Waals surface area (Å²) in [5.74, 6) is 0.839. The molecule has 0 saturated carbocycles. The topological polar surface area (TPSA) is 43.8 Å². The molecule has 1 atom stereocenters. The molecule has 19 heavy (non-hydrogen) atoms. The molecule has 0 aromatic carbocycles. The second kappa shape index (κ2) is 9.32. The molecule has 0 spiro atoms. The summed E-state index contributed by atoms with van der Waals surface area (Å²) in [6.07, 6.45) is 5.27. The Kier molecular flexibility index (Phi) is 8.07. The SMILES string of the molecule is CCCN(CCC)C(=O)CN1CCCC(CCO)C1. The molecule has 1 aliphatic rings. The first-order valence-electron chi connectivity index (χ1n) is 7.82. The fourth-order valence-corrected chi connectivity index (χ4v) is 2.91. The van der Waals surface area contributed by atoms with Gasteiger partial charge in [0.25, 0.3) is 0 Å². The highest BCUT2D eigenvalue weighted by atomic mass is 16.3. The van der Waals surface area contributed by atoms with E-state index in [9.17, 15) is 4.79 Å². The van der Waals surface area contributed by atoms with Crippen LogP contribution in [0.25, 0.3) is 0 Å². The highest BCUT2D eigenvalue weighted by Gasteiger charge is 2.22. The summed E-state index contributed by atoms with van der Waals surface area (Å²) in [5, 5.41) is 9.02. The van der Waals surface area contributed by atoms with Gasteiger partial charge in [-0.05, 0) is 44.6 Å². The highest BCUT2D eigenvalue weighted by Crippen LogP contribution is 2.19. The summed E-state index contributed by atoms with van der Waals surface area (Å²) in [4.78, 5) is 16.6. The van der Waals surface area contributed by atoms with Gasteiger partial charge in [-0.25, -0.2) is 0 Å².